The number of nitrogens with zero attached hydrogens (tertiary/aromatic N) is 1. The lowest BCUT2D eigenvalue weighted by molar-refractivity contribution is -0.152. The Hall–Kier alpha value is -1.89. The van der Waals surface area contributed by atoms with E-state index >= 15 is 0 Å². The summed E-state index contributed by atoms with van der Waals surface area (Å²) in [6.07, 6.45) is 1.56. The van der Waals surface area contributed by atoms with E-state index in [0.29, 0.717) is 6.61 Å². The predicted octanol–water partition coefficient (Wildman–Crippen LogP) is 3.79. The molecule has 0 saturated carbocycles. The molecule has 2 saturated heterocycles. The fourth-order valence-electron chi connectivity index (χ4n) is 4.57. The van der Waals surface area contributed by atoms with E-state index in [2.05, 4.69) is 22.9 Å². The van der Waals surface area contributed by atoms with Crippen molar-refractivity contribution in [3.05, 3.63) is 52.2 Å². The van der Waals surface area contributed by atoms with Gasteiger partial charge in [-0.2, -0.15) is 11.3 Å². The number of fused-ring (bicyclic) bond motifs is 3. The van der Waals surface area contributed by atoms with Crippen molar-refractivity contribution in [3.8, 4) is 5.75 Å². The molecule has 2 aromatic rings. The molecule has 6 heteroatoms. The van der Waals surface area contributed by atoms with Gasteiger partial charge in [0.15, 0.2) is 0 Å². The van der Waals surface area contributed by atoms with Crippen molar-refractivity contribution in [1.29, 1.82) is 0 Å². The Bertz CT molecular complexity index is 861. The molecule has 1 amide bonds. The summed E-state index contributed by atoms with van der Waals surface area (Å²) in [7, 11) is 0. The Morgan fingerprint density at radius 1 is 1.29 bits per heavy atom. The van der Waals surface area contributed by atoms with Crippen LogP contribution in [0.25, 0.3) is 0 Å². The van der Waals surface area contributed by atoms with Crippen LogP contribution < -0.4 is 4.74 Å². The Kier molecular flexibility index (Phi) is 4.45. The van der Waals surface area contributed by atoms with Gasteiger partial charge >= 0.3 is 0 Å². The Morgan fingerprint density at radius 3 is 2.86 bits per heavy atom. The Balaban J connectivity index is 1.48. The number of ether oxygens (including phenoxy) is 3. The molecule has 28 heavy (non-hydrogen) atoms. The standard InChI is InChI=1S/C22H25NO4S/c1-22(2)23(20-17-5-3-4-6-18(17)26-12-19(20)27-22)21(24)15(10-16-11-25-16)9-14-7-8-28-13-14/h3-8,13,15-16,19-20H,9-12H2,1-2H3/t15-,16+,19-,20+/m1/s1. The van der Waals surface area contributed by atoms with Gasteiger partial charge in [0.1, 0.15) is 24.2 Å². The van der Waals surface area contributed by atoms with E-state index in [9.17, 15) is 4.79 Å². The van der Waals surface area contributed by atoms with Crippen LogP contribution in [-0.4, -0.2) is 42.0 Å². The van der Waals surface area contributed by atoms with Crippen LogP contribution in [-0.2, 0) is 20.7 Å². The molecule has 0 spiro atoms. The zero-order chi connectivity index (χ0) is 19.3. The molecule has 0 unspecified atom stereocenters. The van der Waals surface area contributed by atoms with Crippen molar-refractivity contribution in [2.45, 2.75) is 50.7 Å². The topological polar surface area (TPSA) is 51.3 Å². The summed E-state index contributed by atoms with van der Waals surface area (Å²) < 4.78 is 17.7. The highest BCUT2D eigenvalue weighted by atomic mass is 32.1. The molecule has 0 N–H and O–H groups in total. The third-order valence-electron chi connectivity index (χ3n) is 5.89. The SMILES string of the molecule is CC1(C)O[C@@H]2COc3ccccc3[C@@H]2N1C(=O)[C@H](Cc1ccsc1)C[C@H]1CO1. The van der Waals surface area contributed by atoms with Crippen molar-refractivity contribution in [2.75, 3.05) is 13.2 Å². The number of epoxide rings is 1. The molecule has 0 aliphatic carbocycles. The Labute approximate surface area is 169 Å². The normalized spacial score (nSPS) is 28.2. The van der Waals surface area contributed by atoms with Crippen LogP contribution in [0.5, 0.6) is 5.75 Å². The van der Waals surface area contributed by atoms with Crippen LogP contribution in [0.4, 0.5) is 0 Å². The van der Waals surface area contributed by atoms with Crippen LogP contribution >= 0.6 is 11.3 Å². The second-order valence-corrected chi connectivity index (χ2v) is 9.11. The second kappa shape index (κ2) is 6.87. The maximum atomic E-state index is 13.9. The third kappa shape index (κ3) is 3.23. The third-order valence-corrected chi connectivity index (χ3v) is 6.62. The minimum absolute atomic E-state index is 0.112. The molecule has 5 rings (SSSR count). The first-order valence-electron chi connectivity index (χ1n) is 9.88. The lowest BCUT2D eigenvalue weighted by Crippen LogP contribution is -2.48. The number of amides is 1. The van der Waals surface area contributed by atoms with Gasteiger partial charge in [0.05, 0.1) is 18.8 Å². The monoisotopic (exact) mass is 399 g/mol. The minimum atomic E-state index is -0.676. The largest absolute Gasteiger partial charge is 0.490 e. The lowest BCUT2D eigenvalue weighted by Gasteiger charge is -2.37. The summed E-state index contributed by atoms with van der Waals surface area (Å²) in [6.45, 7) is 5.20. The molecule has 0 bridgehead atoms. The quantitative estimate of drug-likeness (QED) is 0.718. The van der Waals surface area contributed by atoms with Gasteiger partial charge in [-0.25, -0.2) is 0 Å². The molecular weight excluding hydrogens is 374 g/mol. The highest BCUT2D eigenvalue weighted by molar-refractivity contribution is 7.07. The summed E-state index contributed by atoms with van der Waals surface area (Å²) in [6, 6.07) is 9.99. The second-order valence-electron chi connectivity index (χ2n) is 8.33. The molecule has 4 atom stereocenters. The smallest absolute Gasteiger partial charge is 0.228 e. The maximum Gasteiger partial charge on any atom is 0.228 e. The fraction of sp³-hybridized carbons (Fsp3) is 0.500. The average Bonchev–Trinajstić information content (AvgIpc) is 3.24. The first-order chi connectivity index (χ1) is 13.5. The van der Waals surface area contributed by atoms with Gasteiger partial charge < -0.3 is 19.1 Å². The molecular formula is C22H25NO4S. The van der Waals surface area contributed by atoms with Crippen molar-refractivity contribution in [2.24, 2.45) is 5.92 Å². The number of carbonyl (C=O) groups excluding carboxylic acids is 1. The minimum Gasteiger partial charge on any atom is -0.490 e. The fourth-order valence-corrected chi connectivity index (χ4v) is 5.25. The number of hydrogen-bond donors (Lipinski definition) is 0. The van der Waals surface area contributed by atoms with Crippen LogP contribution in [0.2, 0.25) is 0 Å². The van der Waals surface area contributed by atoms with Crippen molar-refractivity contribution >= 4 is 17.2 Å². The van der Waals surface area contributed by atoms with E-state index < -0.39 is 5.72 Å². The number of rotatable bonds is 5. The number of para-hydroxylation sites is 1. The molecule has 5 nitrogen and oxygen atoms in total. The molecule has 4 heterocycles. The van der Waals surface area contributed by atoms with Gasteiger partial charge in [-0.1, -0.05) is 18.2 Å². The maximum absolute atomic E-state index is 13.9. The van der Waals surface area contributed by atoms with E-state index in [1.54, 1.807) is 11.3 Å². The Morgan fingerprint density at radius 2 is 2.11 bits per heavy atom. The van der Waals surface area contributed by atoms with Crippen LogP contribution in [0.15, 0.2) is 41.1 Å². The molecule has 148 valence electrons. The number of hydrogen-bond acceptors (Lipinski definition) is 5. The summed E-state index contributed by atoms with van der Waals surface area (Å²) >= 11 is 1.67. The van der Waals surface area contributed by atoms with Gasteiger partial charge in [0.25, 0.3) is 0 Å². The van der Waals surface area contributed by atoms with E-state index in [0.717, 1.165) is 30.8 Å². The van der Waals surface area contributed by atoms with Crippen LogP contribution in [0, 0.1) is 5.92 Å². The van der Waals surface area contributed by atoms with Crippen molar-refractivity contribution in [1.82, 2.24) is 4.90 Å². The van der Waals surface area contributed by atoms with E-state index in [1.807, 2.05) is 36.9 Å². The molecule has 1 aromatic heterocycles. The lowest BCUT2D eigenvalue weighted by atomic mass is 9.91. The summed E-state index contributed by atoms with van der Waals surface area (Å²) in [4.78, 5) is 15.8. The average molecular weight is 400 g/mol. The summed E-state index contributed by atoms with van der Waals surface area (Å²) in [5.41, 5.74) is 1.57. The van der Waals surface area contributed by atoms with Gasteiger partial charge in [-0.3, -0.25) is 4.79 Å². The van der Waals surface area contributed by atoms with Gasteiger partial charge in [0, 0.05) is 11.5 Å². The van der Waals surface area contributed by atoms with Crippen molar-refractivity contribution in [3.63, 3.8) is 0 Å². The molecule has 3 aliphatic rings. The van der Waals surface area contributed by atoms with E-state index in [1.165, 1.54) is 5.56 Å². The van der Waals surface area contributed by atoms with Crippen LogP contribution in [0.1, 0.15) is 37.4 Å². The molecule has 1 aromatic carbocycles. The molecule has 0 radical (unpaired) electrons. The van der Waals surface area contributed by atoms with Gasteiger partial charge in [-0.05, 0) is 55.1 Å². The number of carbonyl (C=O) groups is 1. The number of benzene rings is 1. The number of thiophene rings is 1. The first-order valence-corrected chi connectivity index (χ1v) is 10.8. The van der Waals surface area contributed by atoms with Crippen molar-refractivity contribution < 1.29 is 19.0 Å². The van der Waals surface area contributed by atoms with Gasteiger partial charge in [0.2, 0.25) is 5.91 Å². The molecule has 3 aliphatic heterocycles. The van der Waals surface area contributed by atoms with Crippen LogP contribution in [0.3, 0.4) is 0 Å². The first kappa shape index (κ1) is 18.2. The summed E-state index contributed by atoms with van der Waals surface area (Å²) in [5.74, 6) is 0.886. The highest BCUT2D eigenvalue weighted by Gasteiger charge is 2.54. The molecule has 2 fully saturated rings. The predicted molar refractivity (Wildman–Crippen MR) is 106 cm³/mol. The zero-order valence-electron chi connectivity index (χ0n) is 16.2. The van der Waals surface area contributed by atoms with E-state index in [4.69, 9.17) is 14.2 Å². The highest BCUT2D eigenvalue weighted by Crippen LogP contribution is 2.48. The zero-order valence-corrected chi connectivity index (χ0v) is 17.0. The van der Waals surface area contributed by atoms with Gasteiger partial charge in [-0.15, -0.1) is 0 Å². The van der Waals surface area contributed by atoms with E-state index in [-0.39, 0.29) is 30.1 Å². The summed E-state index contributed by atoms with van der Waals surface area (Å²) in [5, 5.41) is 4.20.